The normalized spacial score (nSPS) is 12.2. The van der Waals surface area contributed by atoms with Crippen molar-refractivity contribution in [3.05, 3.63) is 71.8 Å². The Bertz CT molecular complexity index is 620. The van der Waals surface area contributed by atoms with Crippen LogP contribution in [0, 0.1) is 0 Å². The second kappa shape index (κ2) is 13.6. The number of nitrogens with one attached hydrogen (secondary N) is 2. The van der Waals surface area contributed by atoms with E-state index in [4.69, 9.17) is 4.74 Å². The lowest BCUT2D eigenvalue weighted by Gasteiger charge is -2.18. The molecule has 0 aliphatic rings. The number of hydrogen-bond acceptors (Lipinski definition) is 2. The van der Waals surface area contributed by atoms with Gasteiger partial charge in [-0.2, -0.15) is 0 Å². The molecule has 2 rings (SSSR count). The van der Waals surface area contributed by atoms with E-state index in [1.807, 2.05) is 12.1 Å². The molecule has 0 radical (unpaired) electrons. The Balaban J connectivity index is 0.00000338. The van der Waals surface area contributed by atoms with Crippen LogP contribution >= 0.6 is 24.0 Å². The first kappa shape index (κ1) is 22.4. The Hall–Kier alpha value is -1.60. The van der Waals surface area contributed by atoms with Crippen molar-refractivity contribution in [1.82, 2.24) is 10.6 Å². The van der Waals surface area contributed by atoms with Gasteiger partial charge < -0.3 is 15.4 Å². The quantitative estimate of drug-likeness (QED) is 0.252. The van der Waals surface area contributed by atoms with Crippen LogP contribution in [0.15, 0.2) is 65.7 Å². The molecule has 1 unspecified atom stereocenters. The molecule has 0 saturated carbocycles. The van der Waals surface area contributed by atoms with Gasteiger partial charge in [0.1, 0.15) is 0 Å². The van der Waals surface area contributed by atoms with Crippen LogP contribution in [0.2, 0.25) is 0 Å². The van der Waals surface area contributed by atoms with Crippen LogP contribution in [0.1, 0.15) is 30.5 Å². The molecule has 142 valence electrons. The molecule has 0 heterocycles. The summed E-state index contributed by atoms with van der Waals surface area (Å²) in [7, 11) is 1.80. The Labute approximate surface area is 174 Å². The van der Waals surface area contributed by atoms with Crippen LogP contribution in [0.3, 0.4) is 0 Å². The zero-order valence-corrected chi connectivity index (χ0v) is 18.0. The minimum Gasteiger partial charge on any atom is -0.381 e. The Morgan fingerprint density at radius 1 is 1.00 bits per heavy atom. The van der Waals surface area contributed by atoms with Gasteiger partial charge in [0.2, 0.25) is 0 Å². The second-order valence-electron chi connectivity index (χ2n) is 5.98. The molecule has 4 nitrogen and oxygen atoms in total. The topological polar surface area (TPSA) is 45.7 Å². The summed E-state index contributed by atoms with van der Waals surface area (Å²) in [5.74, 6) is 0.820. The molecule has 0 amide bonds. The van der Waals surface area contributed by atoms with Gasteiger partial charge in [0, 0.05) is 20.2 Å². The molecule has 5 heteroatoms. The molecular weight excluding hydrogens is 437 g/mol. The monoisotopic (exact) mass is 467 g/mol. The average Bonchev–Trinajstić information content (AvgIpc) is 2.67. The molecule has 0 aliphatic carbocycles. The van der Waals surface area contributed by atoms with Gasteiger partial charge in [-0.25, -0.2) is 0 Å². The average molecular weight is 467 g/mol. The third-order valence-electron chi connectivity index (χ3n) is 4.01. The lowest BCUT2D eigenvalue weighted by Crippen LogP contribution is -2.39. The van der Waals surface area contributed by atoms with Crippen molar-refractivity contribution < 1.29 is 4.74 Å². The Kier molecular flexibility index (Phi) is 11.7. The first-order chi connectivity index (χ1) is 12.3. The first-order valence-electron chi connectivity index (χ1n) is 8.93. The molecule has 1 atom stereocenters. The number of halogens is 1. The van der Waals surface area contributed by atoms with Gasteiger partial charge in [-0.1, -0.05) is 60.7 Å². The Morgan fingerprint density at radius 2 is 1.65 bits per heavy atom. The minimum atomic E-state index is 0. The van der Waals surface area contributed by atoms with Crippen molar-refractivity contribution in [2.45, 2.75) is 25.8 Å². The van der Waals surface area contributed by atoms with Crippen molar-refractivity contribution in [2.24, 2.45) is 4.99 Å². The lowest BCUT2D eigenvalue weighted by molar-refractivity contribution is 0.135. The summed E-state index contributed by atoms with van der Waals surface area (Å²) in [6, 6.07) is 21.0. The number of nitrogens with zero attached hydrogens (tertiary/aromatic N) is 1. The van der Waals surface area contributed by atoms with Crippen LogP contribution in [0.4, 0.5) is 0 Å². The summed E-state index contributed by atoms with van der Waals surface area (Å²) in [5, 5.41) is 6.74. The van der Waals surface area contributed by atoms with Crippen molar-refractivity contribution in [3.63, 3.8) is 0 Å². The number of aliphatic imine (C=N–C) groups is 1. The largest absolute Gasteiger partial charge is 0.381 e. The van der Waals surface area contributed by atoms with E-state index in [9.17, 15) is 0 Å². The van der Waals surface area contributed by atoms with E-state index in [0.717, 1.165) is 38.6 Å². The predicted molar refractivity (Wildman–Crippen MR) is 120 cm³/mol. The zero-order chi connectivity index (χ0) is 17.7. The summed E-state index contributed by atoms with van der Waals surface area (Å²) in [4.78, 5) is 4.28. The fourth-order valence-corrected chi connectivity index (χ4v) is 2.54. The molecule has 0 bridgehead atoms. The van der Waals surface area contributed by atoms with Crippen LogP contribution in [-0.4, -0.2) is 32.8 Å². The third-order valence-corrected chi connectivity index (χ3v) is 4.01. The molecule has 0 saturated heterocycles. The molecule has 0 spiro atoms. The maximum atomic E-state index is 5.70. The molecule has 26 heavy (non-hydrogen) atoms. The highest BCUT2D eigenvalue weighted by atomic mass is 127. The first-order valence-corrected chi connectivity index (χ1v) is 8.93. The van der Waals surface area contributed by atoms with Gasteiger partial charge in [0.25, 0.3) is 0 Å². The fourth-order valence-electron chi connectivity index (χ4n) is 2.54. The number of hydrogen-bond donors (Lipinski definition) is 2. The lowest BCUT2D eigenvalue weighted by atomic mass is 10.1. The van der Waals surface area contributed by atoms with Gasteiger partial charge in [-0.05, 0) is 30.9 Å². The number of benzene rings is 2. The van der Waals surface area contributed by atoms with Gasteiger partial charge >= 0.3 is 0 Å². The van der Waals surface area contributed by atoms with Crippen LogP contribution in [0.5, 0.6) is 0 Å². The predicted octanol–water partition coefficient (Wildman–Crippen LogP) is 4.18. The van der Waals surface area contributed by atoms with E-state index in [1.165, 1.54) is 11.1 Å². The summed E-state index contributed by atoms with van der Waals surface area (Å²) >= 11 is 0. The maximum Gasteiger partial charge on any atom is 0.191 e. The van der Waals surface area contributed by atoms with Crippen LogP contribution in [-0.2, 0) is 11.2 Å². The summed E-state index contributed by atoms with van der Waals surface area (Å²) in [5.41, 5.74) is 2.56. The smallest absolute Gasteiger partial charge is 0.191 e. The van der Waals surface area contributed by atoms with E-state index < -0.39 is 0 Å². The van der Waals surface area contributed by atoms with E-state index in [2.05, 4.69) is 71.1 Å². The van der Waals surface area contributed by atoms with Crippen molar-refractivity contribution in [1.29, 1.82) is 0 Å². The van der Waals surface area contributed by atoms with Crippen LogP contribution < -0.4 is 10.6 Å². The molecule has 2 aromatic carbocycles. The third kappa shape index (κ3) is 8.67. The molecule has 0 aliphatic heterocycles. The van der Waals surface area contributed by atoms with E-state index in [0.29, 0.717) is 0 Å². The molecule has 0 aromatic heterocycles. The van der Waals surface area contributed by atoms with Gasteiger partial charge in [0.05, 0.1) is 12.6 Å². The van der Waals surface area contributed by atoms with E-state index in [1.54, 1.807) is 7.05 Å². The van der Waals surface area contributed by atoms with Crippen molar-refractivity contribution in [3.8, 4) is 0 Å². The van der Waals surface area contributed by atoms with E-state index >= 15 is 0 Å². The van der Waals surface area contributed by atoms with Crippen molar-refractivity contribution in [2.75, 3.05) is 26.8 Å². The molecule has 0 fully saturated rings. The number of guanidine groups is 1. The number of rotatable bonds is 9. The minimum absolute atomic E-state index is 0. The Morgan fingerprint density at radius 3 is 2.31 bits per heavy atom. The fraction of sp³-hybridized carbons (Fsp3) is 0.381. The highest BCUT2D eigenvalue weighted by molar-refractivity contribution is 14.0. The maximum absolute atomic E-state index is 5.70. The summed E-state index contributed by atoms with van der Waals surface area (Å²) < 4.78 is 5.70. The number of ether oxygens (including phenoxy) is 1. The van der Waals surface area contributed by atoms with Crippen molar-refractivity contribution >= 4 is 29.9 Å². The second-order valence-corrected chi connectivity index (χ2v) is 5.98. The highest BCUT2D eigenvalue weighted by Crippen LogP contribution is 2.10. The van der Waals surface area contributed by atoms with Crippen LogP contribution in [0.25, 0.3) is 0 Å². The molecular formula is C21H30IN3O. The van der Waals surface area contributed by atoms with E-state index in [-0.39, 0.29) is 30.0 Å². The summed E-state index contributed by atoms with van der Waals surface area (Å²) in [6.45, 7) is 4.49. The zero-order valence-electron chi connectivity index (χ0n) is 15.7. The SMILES string of the molecule is CN=C(NCCCOCCc1ccccc1)NC(C)c1ccccc1.I. The molecule has 2 N–H and O–H groups in total. The standard InChI is InChI=1S/C21H29N3O.HI/c1-18(20-12-7-4-8-13-20)24-21(22-2)23-15-9-16-25-17-14-19-10-5-3-6-11-19;/h3-8,10-13,18H,9,14-17H2,1-2H3,(H2,22,23,24);1H. The van der Waals surface area contributed by atoms with Gasteiger partial charge in [0.15, 0.2) is 5.96 Å². The van der Waals surface area contributed by atoms with Gasteiger partial charge in [-0.15, -0.1) is 24.0 Å². The van der Waals surface area contributed by atoms with Gasteiger partial charge in [-0.3, -0.25) is 4.99 Å². The summed E-state index contributed by atoms with van der Waals surface area (Å²) in [6.07, 6.45) is 1.92. The molecule has 2 aromatic rings. The highest BCUT2D eigenvalue weighted by Gasteiger charge is 2.06.